The minimum absolute atomic E-state index is 0.0688. The zero-order valence-corrected chi connectivity index (χ0v) is 22.0. The van der Waals surface area contributed by atoms with Gasteiger partial charge in [0.15, 0.2) is 0 Å². The highest BCUT2D eigenvalue weighted by Crippen LogP contribution is 2.45. The van der Waals surface area contributed by atoms with Gasteiger partial charge in [-0.05, 0) is 49.2 Å². The number of nitrogens with one attached hydrogen (secondary N) is 2. The molecule has 1 aliphatic rings. The van der Waals surface area contributed by atoms with E-state index in [0.717, 1.165) is 0 Å². The predicted octanol–water partition coefficient (Wildman–Crippen LogP) is 4.04. The first-order chi connectivity index (χ1) is 16.3. The fourth-order valence-electron chi connectivity index (χ4n) is 4.24. The summed E-state index contributed by atoms with van der Waals surface area (Å²) in [5, 5.41) is 16.8. The second-order valence-corrected chi connectivity index (χ2v) is 11.5. The maximum Gasteiger partial charge on any atom is 0.434 e. The molecule has 188 valence electrons. The number of rotatable bonds is 6. The molecule has 0 bridgehead atoms. The van der Waals surface area contributed by atoms with Crippen LogP contribution in [-0.2, 0) is 15.6 Å². The minimum Gasteiger partial charge on any atom is -0.492 e. The van der Waals surface area contributed by atoms with E-state index in [-0.39, 0.29) is 45.7 Å². The summed E-state index contributed by atoms with van der Waals surface area (Å²) in [6.07, 6.45) is 0.218. The van der Waals surface area contributed by atoms with Crippen LogP contribution in [0.5, 0.6) is 5.75 Å². The Bertz CT molecular complexity index is 1460. The van der Waals surface area contributed by atoms with E-state index in [2.05, 4.69) is 30.8 Å². The lowest BCUT2D eigenvalue weighted by Gasteiger charge is -2.33. The highest BCUT2D eigenvalue weighted by Gasteiger charge is 2.39. The quantitative estimate of drug-likeness (QED) is 0.394. The van der Waals surface area contributed by atoms with Crippen molar-refractivity contribution in [2.45, 2.75) is 49.6 Å². The van der Waals surface area contributed by atoms with Crippen molar-refractivity contribution in [2.75, 3.05) is 6.61 Å². The monoisotopic (exact) mass is 589 g/mol. The fraction of sp³-hybridized carbons (Fsp3) is 0.364. The van der Waals surface area contributed by atoms with Crippen LogP contribution in [0.15, 0.2) is 42.8 Å². The Morgan fingerprint density at radius 3 is 2.71 bits per heavy atom. The van der Waals surface area contributed by atoms with Crippen LogP contribution in [-0.4, -0.2) is 30.3 Å². The summed E-state index contributed by atoms with van der Waals surface area (Å²) in [6, 6.07) is 4.11. The third-order valence-electron chi connectivity index (χ3n) is 6.09. The standard InChI is InChI=1S/C22H22BrClFN3O6S/c1-10-12(23)4-6-14(25)16(10)11(2)18(20-26-27-21(29)34-20)28-35(31,32)15-7-5-13(24)17-19(15)33-9-8-22(17,3)30/h4-7,11,18,28,30H,8-9H2,1-3H3,(H,27,29)/t11-,18+,22-/m1/s1. The van der Waals surface area contributed by atoms with E-state index >= 15 is 0 Å². The molecule has 4 rings (SSSR count). The molecule has 9 nitrogen and oxygen atoms in total. The number of ether oxygens (including phenoxy) is 1. The molecule has 1 aliphatic heterocycles. The summed E-state index contributed by atoms with van der Waals surface area (Å²) in [5.41, 5.74) is -0.509. The molecule has 0 saturated carbocycles. The van der Waals surface area contributed by atoms with Crippen LogP contribution in [0.1, 0.15) is 54.8 Å². The number of aromatic nitrogens is 2. The number of sulfonamides is 1. The summed E-state index contributed by atoms with van der Waals surface area (Å²) in [4.78, 5) is 11.4. The number of hydrogen-bond donors (Lipinski definition) is 3. The van der Waals surface area contributed by atoms with Crippen molar-refractivity contribution in [1.82, 2.24) is 14.9 Å². The highest BCUT2D eigenvalue weighted by molar-refractivity contribution is 9.10. The first-order valence-corrected chi connectivity index (χ1v) is 13.2. The van der Waals surface area contributed by atoms with Crippen molar-refractivity contribution in [1.29, 1.82) is 0 Å². The van der Waals surface area contributed by atoms with Crippen LogP contribution in [0, 0.1) is 12.7 Å². The SMILES string of the molecule is Cc1c(Br)ccc(F)c1[C@@H](C)[C@H](NS(=O)(=O)c1ccc(Cl)c2c1OCC[C@@]2(C)O)c1n[nH]c(=O)o1. The molecule has 3 atom stereocenters. The van der Waals surface area contributed by atoms with Crippen molar-refractivity contribution >= 4 is 37.6 Å². The number of H-pyrrole nitrogens is 1. The largest absolute Gasteiger partial charge is 0.492 e. The molecule has 1 aromatic heterocycles. The first kappa shape index (κ1) is 25.8. The van der Waals surface area contributed by atoms with Gasteiger partial charge in [0, 0.05) is 22.4 Å². The van der Waals surface area contributed by atoms with Crippen LogP contribution in [0.3, 0.4) is 0 Å². The molecule has 0 spiro atoms. The predicted molar refractivity (Wildman–Crippen MR) is 129 cm³/mol. The number of halogens is 3. The van der Waals surface area contributed by atoms with E-state index in [0.29, 0.717) is 10.0 Å². The molecule has 3 aromatic rings. The van der Waals surface area contributed by atoms with Crippen LogP contribution >= 0.6 is 27.5 Å². The Labute approximate surface area is 213 Å². The van der Waals surface area contributed by atoms with Crippen molar-refractivity contribution in [3.05, 3.63) is 72.7 Å². The molecule has 2 heterocycles. The van der Waals surface area contributed by atoms with E-state index < -0.39 is 39.2 Å². The molecule has 0 radical (unpaired) electrons. The molecule has 0 aliphatic carbocycles. The van der Waals surface area contributed by atoms with Crippen molar-refractivity contribution in [3.8, 4) is 5.75 Å². The van der Waals surface area contributed by atoms with Crippen LogP contribution < -0.4 is 15.2 Å². The average Bonchev–Trinajstić information content (AvgIpc) is 3.20. The zero-order valence-electron chi connectivity index (χ0n) is 18.9. The van der Waals surface area contributed by atoms with E-state index in [4.69, 9.17) is 20.8 Å². The second kappa shape index (κ2) is 9.32. The van der Waals surface area contributed by atoms with Gasteiger partial charge in [-0.2, -0.15) is 4.72 Å². The molecule has 0 fully saturated rings. The van der Waals surface area contributed by atoms with Crippen LogP contribution in [0.2, 0.25) is 5.02 Å². The maximum atomic E-state index is 14.9. The molecule has 13 heteroatoms. The molecule has 3 N–H and O–H groups in total. The van der Waals surface area contributed by atoms with Crippen LogP contribution in [0.25, 0.3) is 0 Å². The number of aliphatic hydroxyl groups is 1. The Balaban J connectivity index is 1.84. The van der Waals surface area contributed by atoms with E-state index in [9.17, 15) is 22.7 Å². The summed E-state index contributed by atoms with van der Waals surface area (Å²) >= 11 is 9.63. The Hall–Kier alpha value is -2.25. The van der Waals surface area contributed by atoms with Crippen LogP contribution in [0.4, 0.5) is 4.39 Å². The lowest BCUT2D eigenvalue weighted by molar-refractivity contribution is 0.0135. The third-order valence-corrected chi connectivity index (χ3v) is 8.73. The number of fused-ring (bicyclic) bond motifs is 1. The first-order valence-electron chi connectivity index (χ1n) is 10.5. The van der Waals surface area contributed by atoms with Crippen molar-refractivity contribution in [3.63, 3.8) is 0 Å². The van der Waals surface area contributed by atoms with Gasteiger partial charge in [-0.1, -0.05) is 34.5 Å². The number of benzene rings is 2. The fourth-order valence-corrected chi connectivity index (χ4v) is 6.36. The number of nitrogens with zero attached hydrogens (tertiary/aromatic N) is 1. The van der Waals surface area contributed by atoms with Gasteiger partial charge in [-0.3, -0.25) is 0 Å². The van der Waals surface area contributed by atoms with Gasteiger partial charge in [0.1, 0.15) is 22.5 Å². The summed E-state index contributed by atoms with van der Waals surface area (Å²) in [6.45, 7) is 4.85. The summed E-state index contributed by atoms with van der Waals surface area (Å²) in [5.74, 6) is -2.68. The molecule has 0 amide bonds. The topological polar surface area (TPSA) is 135 Å². The van der Waals surface area contributed by atoms with E-state index in [1.165, 1.54) is 31.2 Å². The second-order valence-electron chi connectivity index (χ2n) is 8.53. The van der Waals surface area contributed by atoms with Gasteiger partial charge >= 0.3 is 5.76 Å². The van der Waals surface area contributed by atoms with Gasteiger partial charge in [0.2, 0.25) is 15.9 Å². The molecule has 0 saturated heterocycles. The Kier molecular flexibility index (Phi) is 6.88. The lowest BCUT2D eigenvalue weighted by Crippen LogP contribution is -2.35. The molecular formula is C22H22BrClFN3O6S. The minimum atomic E-state index is -4.39. The smallest absolute Gasteiger partial charge is 0.434 e. The van der Waals surface area contributed by atoms with Gasteiger partial charge in [0.05, 0.1) is 17.2 Å². The molecule has 2 aromatic carbocycles. The van der Waals surface area contributed by atoms with Crippen molar-refractivity contribution < 1.29 is 27.1 Å². The normalized spacial score (nSPS) is 19.6. The lowest BCUT2D eigenvalue weighted by atomic mass is 9.90. The highest BCUT2D eigenvalue weighted by atomic mass is 79.9. The molecule has 35 heavy (non-hydrogen) atoms. The Morgan fingerprint density at radius 1 is 1.34 bits per heavy atom. The van der Waals surface area contributed by atoms with Crippen molar-refractivity contribution in [2.24, 2.45) is 0 Å². The summed E-state index contributed by atoms with van der Waals surface area (Å²) in [7, 11) is -4.39. The average molecular weight is 591 g/mol. The molecular weight excluding hydrogens is 569 g/mol. The van der Waals surface area contributed by atoms with E-state index in [1.54, 1.807) is 13.8 Å². The zero-order chi connectivity index (χ0) is 25.7. The number of hydrogen-bond acceptors (Lipinski definition) is 7. The third kappa shape index (κ3) is 4.77. The van der Waals surface area contributed by atoms with E-state index in [1.807, 2.05) is 0 Å². The maximum absolute atomic E-state index is 14.9. The van der Waals surface area contributed by atoms with Gasteiger partial charge in [-0.25, -0.2) is 22.7 Å². The number of aromatic amines is 1. The molecule has 0 unspecified atom stereocenters. The summed E-state index contributed by atoms with van der Waals surface area (Å²) < 4.78 is 55.9. The van der Waals surface area contributed by atoms with Gasteiger partial charge in [0.25, 0.3) is 0 Å². The van der Waals surface area contributed by atoms with Gasteiger partial charge in [-0.15, -0.1) is 5.10 Å². The Morgan fingerprint density at radius 2 is 2.06 bits per heavy atom. The van der Waals surface area contributed by atoms with Gasteiger partial charge < -0.3 is 14.3 Å².